The van der Waals surface area contributed by atoms with Gasteiger partial charge in [0.1, 0.15) is 18.1 Å². The lowest BCUT2D eigenvalue weighted by atomic mass is 9.84. The van der Waals surface area contributed by atoms with E-state index in [0.717, 1.165) is 0 Å². The lowest BCUT2D eigenvalue weighted by molar-refractivity contribution is -0.293. The van der Waals surface area contributed by atoms with Gasteiger partial charge in [0.15, 0.2) is 0 Å². The van der Waals surface area contributed by atoms with Crippen LogP contribution in [0.1, 0.15) is 26.2 Å². The summed E-state index contributed by atoms with van der Waals surface area (Å²) in [6, 6.07) is 0. The third-order valence-electron chi connectivity index (χ3n) is 3.25. The first kappa shape index (κ1) is 15.7. The van der Waals surface area contributed by atoms with Crippen LogP contribution in [0.25, 0.3) is 0 Å². The fourth-order valence-electron chi connectivity index (χ4n) is 2.25. The average molecular weight is 272 g/mol. The van der Waals surface area contributed by atoms with E-state index < -0.39 is 43.1 Å². The number of hydrogen-bond acceptors (Lipinski definition) is 4. The molecule has 7 heteroatoms. The van der Waals surface area contributed by atoms with E-state index >= 15 is 0 Å². The minimum atomic E-state index is -4.64. The Morgan fingerprint density at radius 1 is 1.11 bits per heavy atom. The smallest absolute Gasteiger partial charge is 0.394 e. The van der Waals surface area contributed by atoms with Crippen molar-refractivity contribution in [2.24, 2.45) is 5.92 Å². The van der Waals surface area contributed by atoms with Gasteiger partial charge in [-0.05, 0) is 6.42 Å². The number of unbranched alkanes of at least 4 members (excludes halogenated alkanes) is 1. The minimum Gasteiger partial charge on any atom is -0.394 e. The van der Waals surface area contributed by atoms with Crippen LogP contribution < -0.4 is 0 Å². The van der Waals surface area contributed by atoms with Crippen molar-refractivity contribution in [2.75, 3.05) is 6.61 Å². The molecule has 1 saturated heterocycles. The van der Waals surface area contributed by atoms with Crippen LogP contribution in [-0.4, -0.2) is 52.5 Å². The molecule has 0 aromatic carbocycles. The molecule has 0 aromatic heterocycles. The van der Waals surface area contributed by atoms with Gasteiger partial charge in [-0.25, -0.2) is 0 Å². The highest BCUT2D eigenvalue weighted by molar-refractivity contribution is 4.94. The van der Waals surface area contributed by atoms with Gasteiger partial charge in [0.25, 0.3) is 0 Å². The number of aliphatic hydroxyl groups is 3. The summed E-state index contributed by atoms with van der Waals surface area (Å²) in [4.78, 5) is 0. The van der Waals surface area contributed by atoms with Crippen molar-refractivity contribution in [1.82, 2.24) is 0 Å². The Labute approximate surface area is 103 Å². The standard InChI is InChI=1S/C11H19F3O4/c1-2-3-4-6-8(11(12,13)14)10(17)9(16)7(5-15)18-6/h6-10,15-17H,2-5H2,1H3. The highest BCUT2D eigenvalue weighted by Crippen LogP contribution is 2.40. The fourth-order valence-corrected chi connectivity index (χ4v) is 2.25. The number of hydrogen-bond donors (Lipinski definition) is 3. The summed E-state index contributed by atoms with van der Waals surface area (Å²) in [5, 5.41) is 28.0. The van der Waals surface area contributed by atoms with E-state index in [2.05, 4.69) is 0 Å². The molecule has 18 heavy (non-hydrogen) atoms. The molecule has 5 unspecified atom stereocenters. The first-order valence-electron chi connectivity index (χ1n) is 6.02. The van der Waals surface area contributed by atoms with Gasteiger partial charge in [0.2, 0.25) is 0 Å². The molecular formula is C11H19F3O4. The summed E-state index contributed by atoms with van der Waals surface area (Å²) in [5.74, 6) is -2.11. The minimum absolute atomic E-state index is 0.140. The predicted octanol–water partition coefficient (Wildman–Crippen LogP) is 0.837. The van der Waals surface area contributed by atoms with Gasteiger partial charge in [-0.15, -0.1) is 0 Å². The van der Waals surface area contributed by atoms with Crippen molar-refractivity contribution in [3.63, 3.8) is 0 Å². The van der Waals surface area contributed by atoms with Crippen molar-refractivity contribution in [2.45, 2.75) is 56.8 Å². The fraction of sp³-hybridized carbons (Fsp3) is 1.00. The zero-order valence-corrected chi connectivity index (χ0v) is 10.1. The van der Waals surface area contributed by atoms with E-state index in [1.165, 1.54) is 0 Å². The Bertz CT molecular complexity index is 259. The molecule has 1 fully saturated rings. The molecule has 4 nitrogen and oxygen atoms in total. The average Bonchev–Trinajstić information content (AvgIpc) is 2.28. The summed E-state index contributed by atoms with van der Waals surface area (Å²) >= 11 is 0. The highest BCUT2D eigenvalue weighted by atomic mass is 19.4. The van der Waals surface area contributed by atoms with E-state index in [1.807, 2.05) is 6.92 Å². The van der Waals surface area contributed by atoms with Crippen molar-refractivity contribution in [3.8, 4) is 0 Å². The van der Waals surface area contributed by atoms with Gasteiger partial charge in [0.05, 0.1) is 18.8 Å². The molecule has 1 aliphatic heterocycles. The van der Waals surface area contributed by atoms with Crippen LogP contribution >= 0.6 is 0 Å². The maximum absolute atomic E-state index is 12.9. The van der Waals surface area contributed by atoms with Crippen LogP contribution in [0, 0.1) is 5.92 Å². The van der Waals surface area contributed by atoms with Crippen LogP contribution in [0.4, 0.5) is 13.2 Å². The topological polar surface area (TPSA) is 69.9 Å². The quantitative estimate of drug-likeness (QED) is 0.709. The molecule has 0 bridgehead atoms. The summed E-state index contributed by atoms with van der Waals surface area (Å²) in [7, 11) is 0. The lowest BCUT2D eigenvalue weighted by Crippen LogP contribution is -2.59. The Kier molecular flexibility index (Phi) is 5.39. The normalized spacial score (nSPS) is 37.8. The Hall–Kier alpha value is -0.370. The predicted molar refractivity (Wildman–Crippen MR) is 56.8 cm³/mol. The summed E-state index contributed by atoms with van der Waals surface area (Å²) < 4.78 is 43.7. The molecule has 0 spiro atoms. The van der Waals surface area contributed by atoms with Gasteiger partial charge in [-0.2, -0.15) is 13.2 Å². The molecule has 0 aliphatic carbocycles. The number of alkyl halides is 3. The maximum atomic E-state index is 12.9. The highest BCUT2D eigenvalue weighted by Gasteiger charge is 2.56. The van der Waals surface area contributed by atoms with E-state index in [9.17, 15) is 23.4 Å². The molecule has 0 amide bonds. The largest absolute Gasteiger partial charge is 0.396 e. The van der Waals surface area contributed by atoms with Crippen LogP contribution in [0.5, 0.6) is 0 Å². The molecule has 3 N–H and O–H groups in total. The Balaban J connectivity index is 2.87. The zero-order chi connectivity index (χ0) is 13.9. The summed E-state index contributed by atoms with van der Waals surface area (Å²) in [5.41, 5.74) is 0. The number of halogens is 3. The SMILES string of the molecule is CCCCC1OC(CO)C(O)C(O)C1C(F)(F)F. The summed E-state index contributed by atoms with van der Waals surface area (Å²) in [6.07, 6.45) is -9.34. The van der Waals surface area contributed by atoms with Crippen LogP contribution in [0.3, 0.4) is 0 Å². The molecule has 1 rings (SSSR count). The third-order valence-corrected chi connectivity index (χ3v) is 3.25. The third kappa shape index (κ3) is 3.34. The van der Waals surface area contributed by atoms with Crippen LogP contribution in [0.2, 0.25) is 0 Å². The van der Waals surface area contributed by atoms with Crippen molar-refractivity contribution in [1.29, 1.82) is 0 Å². The van der Waals surface area contributed by atoms with E-state index in [4.69, 9.17) is 9.84 Å². The first-order chi connectivity index (χ1) is 8.32. The Morgan fingerprint density at radius 3 is 2.17 bits per heavy atom. The van der Waals surface area contributed by atoms with Crippen LogP contribution in [-0.2, 0) is 4.74 Å². The number of ether oxygens (including phenoxy) is 1. The molecule has 5 atom stereocenters. The monoisotopic (exact) mass is 272 g/mol. The van der Waals surface area contributed by atoms with Gasteiger partial charge < -0.3 is 20.1 Å². The molecule has 1 heterocycles. The Morgan fingerprint density at radius 2 is 1.72 bits per heavy atom. The van der Waals surface area contributed by atoms with E-state index in [0.29, 0.717) is 12.8 Å². The second-order valence-corrected chi connectivity index (χ2v) is 4.59. The molecule has 1 aliphatic rings. The van der Waals surface area contributed by atoms with E-state index in [-0.39, 0.29) is 6.42 Å². The molecular weight excluding hydrogens is 253 g/mol. The number of rotatable bonds is 4. The lowest BCUT2D eigenvalue weighted by Gasteiger charge is -2.43. The van der Waals surface area contributed by atoms with Crippen molar-refractivity contribution < 1.29 is 33.2 Å². The van der Waals surface area contributed by atoms with Gasteiger partial charge in [-0.1, -0.05) is 19.8 Å². The van der Waals surface area contributed by atoms with E-state index in [1.54, 1.807) is 0 Å². The molecule has 108 valence electrons. The second-order valence-electron chi connectivity index (χ2n) is 4.59. The molecule has 0 saturated carbocycles. The molecule has 0 radical (unpaired) electrons. The summed E-state index contributed by atoms with van der Waals surface area (Å²) in [6.45, 7) is 1.21. The van der Waals surface area contributed by atoms with Crippen molar-refractivity contribution >= 4 is 0 Å². The zero-order valence-electron chi connectivity index (χ0n) is 10.1. The van der Waals surface area contributed by atoms with Gasteiger partial charge >= 0.3 is 6.18 Å². The maximum Gasteiger partial charge on any atom is 0.396 e. The first-order valence-corrected chi connectivity index (χ1v) is 6.02. The van der Waals surface area contributed by atoms with Gasteiger partial charge in [-0.3, -0.25) is 0 Å². The second kappa shape index (κ2) is 6.18. The van der Waals surface area contributed by atoms with Gasteiger partial charge in [0, 0.05) is 0 Å². The van der Waals surface area contributed by atoms with Crippen molar-refractivity contribution in [3.05, 3.63) is 0 Å². The number of aliphatic hydroxyl groups excluding tert-OH is 3. The molecule has 0 aromatic rings. The van der Waals surface area contributed by atoms with Crippen LogP contribution in [0.15, 0.2) is 0 Å².